The number of nitrogens with one attached hydrogen (secondary N) is 1. The third-order valence-corrected chi connectivity index (χ3v) is 7.34. The van der Waals surface area contributed by atoms with Gasteiger partial charge in [-0.25, -0.2) is 8.96 Å². The minimum Gasteiger partial charge on any atom is -0.455 e. The lowest BCUT2D eigenvalue weighted by atomic mass is 9.97. The number of hydrogen-bond acceptors (Lipinski definition) is 6. The van der Waals surface area contributed by atoms with E-state index in [0.717, 1.165) is 36.4 Å². The summed E-state index contributed by atoms with van der Waals surface area (Å²) in [5.74, 6) is 0.0610. The fraction of sp³-hybridized carbons (Fsp3) is 0.222. The molecule has 0 saturated heterocycles. The highest BCUT2D eigenvalue weighted by molar-refractivity contribution is 7.46. The van der Waals surface area contributed by atoms with E-state index in [2.05, 4.69) is 12.2 Å². The summed E-state index contributed by atoms with van der Waals surface area (Å²) in [6.45, 7) is 7.17. The summed E-state index contributed by atoms with van der Waals surface area (Å²) in [5, 5.41) is 3.87. The number of carbonyl (C=O) groups excluding carboxylic acids is 1. The number of likely N-dealkylation sites (N-methyl/N-ethyl adjacent to an activating group) is 1. The molecular weight excluding hydrogens is 516 g/mol. The maximum atomic E-state index is 13.9. The van der Waals surface area contributed by atoms with Gasteiger partial charge in [0.1, 0.15) is 22.2 Å². The summed E-state index contributed by atoms with van der Waals surface area (Å²) in [6.07, 6.45) is 0.866. The van der Waals surface area contributed by atoms with Gasteiger partial charge in [-0.2, -0.15) is 0 Å². The van der Waals surface area contributed by atoms with Crippen LogP contribution >= 0.6 is 19.2 Å². The van der Waals surface area contributed by atoms with Gasteiger partial charge >= 0.3 is 7.82 Å². The molecule has 3 N–H and O–H groups in total. The van der Waals surface area contributed by atoms with Crippen molar-refractivity contribution in [1.29, 1.82) is 0 Å². The van der Waals surface area contributed by atoms with E-state index < -0.39 is 13.6 Å². The first-order valence-corrected chi connectivity index (χ1v) is 14.0. The molecule has 0 bridgehead atoms. The summed E-state index contributed by atoms with van der Waals surface area (Å²) >= 11 is 1.12. The zero-order chi connectivity index (χ0) is 26.7. The van der Waals surface area contributed by atoms with Gasteiger partial charge in [0.05, 0.1) is 0 Å². The Kier molecular flexibility index (Phi) is 8.11. The third kappa shape index (κ3) is 6.44. The molecule has 4 rings (SSSR count). The number of fused-ring (bicyclic) bond motifs is 1. The average molecular weight is 544 g/mol. The highest BCUT2D eigenvalue weighted by atomic mass is 32.1. The van der Waals surface area contributed by atoms with Crippen molar-refractivity contribution in [3.8, 4) is 17.2 Å². The van der Waals surface area contributed by atoms with Crippen molar-refractivity contribution < 1.29 is 32.8 Å². The smallest absolute Gasteiger partial charge is 0.455 e. The van der Waals surface area contributed by atoms with Gasteiger partial charge in [-0.05, 0) is 92.5 Å². The lowest BCUT2D eigenvalue weighted by Crippen LogP contribution is -2.15. The molecule has 7 nitrogen and oxygen atoms in total. The first kappa shape index (κ1) is 27.0. The van der Waals surface area contributed by atoms with E-state index in [0.29, 0.717) is 38.3 Å². The van der Waals surface area contributed by atoms with Crippen molar-refractivity contribution in [2.45, 2.75) is 27.2 Å². The van der Waals surface area contributed by atoms with Crippen LogP contribution in [0.25, 0.3) is 10.1 Å². The second-order valence-electron chi connectivity index (χ2n) is 8.59. The van der Waals surface area contributed by atoms with Crippen LogP contribution in [0.4, 0.5) is 4.39 Å². The Morgan fingerprint density at radius 1 is 1.03 bits per heavy atom. The molecule has 1 aromatic heterocycles. The molecule has 37 heavy (non-hydrogen) atoms. The Labute approximate surface area is 218 Å². The number of phosphoric acid groups is 1. The molecule has 10 heteroatoms. The van der Waals surface area contributed by atoms with Crippen LogP contribution in [0.5, 0.6) is 17.2 Å². The van der Waals surface area contributed by atoms with Crippen LogP contribution in [0.15, 0.2) is 54.6 Å². The van der Waals surface area contributed by atoms with Gasteiger partial charge < -0.3 is 14.6 Å². The normalized spacial score (nSPS) is 11.6. The van der Waals surface area contributed by atoms with Gasteiger partial charge in [0.25, 0.3) is 0 Å². The molecule has 0 radical (unpaired) electrons. The fourth-order valence-corrected chi connectivity index (χ4v) is 5.63. The molecule has 0 spiro atoms. The molecule has 194 valence electrons. The van der Waals surface area contributed by atoms with E-state index in [1.54, 1.807) is 19.9 Å². The van der Waals surface area contributed by atoms with Crippen molar-refractivity contribution in [2.24, 2.45) is 0 Å². The number of rotatable bonds is 10. The molecule has 3 aromatic carbocycles. The number of benzene rings is 3. The number of ketones is 1. The summed E-state index contributed by atoms with van der Waals surface area (Å²) in [7, 11) is -4.76. The second kappa shape index (κ2) is 11.1. The van der Waals surface area contributed by atoms with Crippen molar-refractivity contribution in [3.63, 3.8) is 0 Å². The molecule has 0 atom stereocenters. The molecule has 0 unspecified atom stereocenters. The highest BCUT2D eigenvalue weighted by Crippen LogP contribution is 2.45. The predicted octanol–water partition coefficient (Wildman–Crippen LogP) is 6.30. The number of thiophene rings is 1. The molecule has 0 fully saturated rings. The SMILES string of the molecule is CCNCCc1ccc(Oc2c(C(=O)c3c(C)cc(F)cc3C)sc3cc(OP(=O)(O)O)ccc23)cc1. The highest BCUT2D eigenvalue weighted by Gasteiger charge is 2.26. The minimum absolute atomic E-state index is 0.0354. The number of ether oxygens (including phenoxy) is 1. The number of hydrogen-bond donors (Lipinski definition) is 3. The molecule has 0 aliphatic carbocycles. The monoisotopic (exact) mass is 543 g/mol. The van der Waals surface area contributed by atoms with Crippen LogP contribution in [0.1, 0.15) is 38.8 Å². The Bertz CT molecular complexity index is 1470. The van der Waals surface area contributed by atoms with Gasteiger partial charge in [0.15, 0.2) is 5.75 Å². The molecule has 0 saturated carbocycles. The Hall–Kier alpha value is -3.07. The number of carbonyl (C=O) groups is 1. The number of phosphoric ester groups is 1. The molecule has 0 aliphatic rings. The fourth-order valence-electron chi connectivity index (χ4n) is 4.13. The van der Waals surface area contributed by atoms with Crippen molar-refractivity contribution in [3.05, 3.63) is 87.5 Å². The van der Waals surface area contributed by atoms with E-state index in [1.807, 2.05) is 24.3 Å². The number of aryl methyl sites for hydroxylation is 2. The Balaban J connectivity index is 1.77. The quantitative estimate of drug-likeness (QED) is 0.122. The van der Waals surface area contributed by atoms with Gasteiger partial charge in [0, 0.05) is 15.6 Å². The summed E-state index contributed by atoms with van der Waals surface area (Å²) in [4.78, 5) is 32.4. The first-order valence-electron chi connectivity index (χ1n) is 11.7. The van der Waals surface area contributed by atoms with Gasteiger partial charge in [0.2, 0.25) is 5.78 Å². The van der Waals surface area contributed by atoms with Crippen LogP contribution in [0.3, 0.4) is 0 Å². The van der Waals surface area contributed by atoms with Gasteiger partial charge in [-0.15, -0.1) is 11.3 Å². The standard InChI is InChI=1S/C27H27FNO6PS/c1-4-29-12-11-18-5-7-20(8-6-18)34-26-22-10-9-21(35-36(31,32)33)15-23(22)37-27(26)25(30)24-16(2)13-19(28)14-17(24)3/h5-10,13-15,29H,4,11-12H2,1-3H3,(H2,31,32,33). The average Bonchev–Trinajstić information content (AvgIpc) is 3.16. The molecule has 1 heterocycles. The Morgan fingerprint density at radius 2 is 1.68 bits per heavy atom. The van der Waals surface area contributed by atoms with Crippen LogP contribution in [-0.4, -0.2) is 28.7 Å². The van der Waals surface area contributed by atoms with E-state index in [1.165, 1.54) is 24.3 Å². The minimum atomic E-state index is -4.76. The van der Waals surface area contributed by atoms with Crippen LogP contribution in [0.2, 0.25) is 0 Å². The Morgan fingerprint density at radius 3 is 2.30 bits per heavy atom. The molecular formula is C27H27FNO6PS. The third-order valence-electron chi connectivity index (χ3n) is 5.75. The van der Waals surface area contributed by atoms with Gasteiger partial charge in [-0.3, -0.25) is 14.6 Å². The van der Waals surface area contributed by atoms with E-state index in [-0.39, 0.29) is 16.4 Å². The van der Waals surface area contributed by atoms with E-state index in [4.69, 9.17) is 9.26 Å². The van der Waals surface area contributed by atoms with Crippen LogP contribution in [0, 0.1) is 19.7 Å². The maximum Gasteiger partial charge on any atom is 0.524 e. The van der Waals surface area contributed by atoms with Crippen molar-refractivity contribution in [2.75, 3.05) is 13.1 Å². The maximum absolute atomic E-state index is 13.9. The summed E-state index contributed by atoms with van der Waals surface area (Å²) < 4.78 is 36.7. The molecule has 4 aromatic rings. The van der Waals surface area contributed by atoms with E-state index >= 15 is 0 Å². The molecule has 0 amide bonds. The topological polar surface area (TPSA) is 105 Å². The van der Waals surface area contributed by atoms with Crippen molar-refractivity contribution in [1.82, 2.24) is 5.32 Å². The second-order valence-corrected chi connectivity index (χ2v) is 10.8. The van der Waals surface area contributed by atoms with E-state index in [9.17, 15) is 23.5 Å². The van der Waals surface area contributed by atoms with Crippen molar-refractivity contribution >= 4 is 35.0 Å². The van der Waals surface area contributed by atoms with Gasteiger partial charge in [-0.1, -0.05) is 19.1 Å². The van der Waals surface area contributed by atoms with Crippen LogP contribution < -0.4 is 14.6 Å². The zero-order valence-corrected chi connectivity index (χ0v) is 22.3. The zero-order valence-electron chi connectivity index (χ0n) is 20.6. The summed E-state index contributed by atoms with van der Waals surface area (Å²) in [6, 6.07) is 14.7. The molecule has 0 aliphatic heterocycles. The number of halogens is 1. The first-order chi connectivity index (χ1) is 17.6. The predicted molar refractivity (Wildman–Crippen MR) is 143 cm³/mol. The van der Waals surface area contributed by atoms with Crippen LogP contribution in [-0.2, 0) is 11.0 Å². The largest absolute Gasteiger partial charge is 0.524 e. The summed E-state index contributed by atoms with van der Waals surface area (Å²) in [5.41, 5.74) is 2.52. The lowest BCUT2D eigenvalue weighted by molar-refractivity contribution is 0.103. The lowest BCUT2D eigenvalue weighted by Gasteiger charge is -2.11.